The minimum Gasteiger partial charge on any atom is -0.448 e. The second-order valence-electron chi connectivity index (χ2n) is 8.04. The van der Waals surface area contributed by atoms with E-state index in [1.165, 1.54) is 0 Å². The van der Waals surface area contributed by atoms with Crippen molar-refractivity contribution in [3.8, 4) is 10.8 Å². The first-order valence-corrected chi connectivity index (χ1v) is 12.0. The van der Waals surface area contributed by atoms with E-state index >= 15 is 0 Å². The fourth-order valence-electron chi connectivity index (χ4n) is 3.97. The molecule has 1 aromatic carbocycles. The zero-order valence-corrected chi connectivity index (χ0v) is 19.2. The lowest BCUT2D eigenvalue weighted by molar-refractivity contribution is 0.0354. The predicted octanol–water partition coefficient (Wildman–Crippen LogP) is 4.32. The quantitative estimate of drug-likeness (QED) is 0.388. The van der Waals surface area contributed by atoms with Gasteiger partial charge in [-0.05, 0) is 48.4 Å². The molecule has 3 aromatic heterocycles. The van der Waals surface area contributed by atoms with E-state index in [4.69, 9.17) is 9.15 Å². The van der Waals surface area contributed by atoms with Gasteiger partial charge in [0.25, 0.3) is 5.91 Å². The third-order valence-electron chi connectivity index (χ3n) is 5.74. The molecule has 1 fully saturated rings. The Kier molecular flexibility index (Phi) is 6.76. The maximum atomic E-state index is 13.4. The van der Waals surface area contributed by atoms with E-state index in [0.29, 0.717) is 24.6 Å². The van der Waals surface area contributed by atoms with Gasteiger partial charge in [0, 0.05) is 45.1 Å². The van der Waals surface area contributed by atoms with Crippen molar-refractivity contribution < 1.29 is 13.9 Å². The number of carbonyl (C=O) groups is 1. The molecule has 1 aliphatic rings. The highest BCUT2D eigenvalue weighted by Crippen LogP contribution is 2.31. The lowest BCUT2D eigenvalue weighted by atomic mass is 10.2. The monoisotopic (exact) mass is 462 g/mol. The number of amides is 1. The van der Waals surface area contributed by atoms with Crippen LogP contribution in [0.2, 0.25) is 0 Å². The van der Waals surface area contributed by atoms with Crippen LogP contribution < -0.4 is 0 Å². The highest BCUT2D eigenvalue weighted by molar-refractivity contribution is 7.21. The molecule has 7 nitrogen and oxygen atoms in total. The second-order valence-corrected chi connectivity index (χ2v) is 9.07. The number of rotatable bonds is 8. The van der Waals surface area contributed by atoms with E-state index in [2.05, 4.69) is 14.9 Å². The number of para-hydroxylation sites is 1. The molecule has 1 aliphatic heterocycles. The number of furan rings is 1. The van der Waals surface area contributed by atoms with E-state index in [1.54, 1.807) is 29.8 Å². The number of pyridine rings is 1. The molecule has 8 heteroatoms. The average Bonchev–Trinajstić information content (AvgIpc) is 3.52. The molecule has 4 heterocycles. The number of thiazole rings is 1. The SMILES string of the molecule is O=C(c1ccc(-c2nc3ccccc3s2)o1)N(CCCN1CCOCC1)Cc1ccncc1. The molecule has 0 saturated carbocycles. The van der Waals surface area contributed by atoms with Crippen LogP contribution >= 0.6 is 11.3 Å². The Labute approximate surface area is 196 Å². The van der Waals surface area contributed by atoms with Crippen molar-refractivity contribution in [3.05, 3.63) is 72.2 Å². The van der Waals surface area contributed by atoms with E-state index in [0.717, 1.165) is 60.1 Å². The van der Waals surface area contributed by atoms with Gasteiger partial charge in [0.1, 0.15) is 0 Å². The van der Waals surface area contributed by atoms with Crippen LogP contribution in [-0.4, -0.2) is 65.1 Å². The van der Waals surface area contributed by atoms with Gasteiger partial charge in [-0.25, -0.2) is 4.98 Å². The smallest absolute Gasteiger partial charge is 0.289 e. The first-order valence-electron chi connectivity index (χ1n) is 11.2. The summed E-state index contributed by atoms with van der Waals surface area (Å²) in [6, 6.07) is 15.5. The van der Waals surface area contributed by atoms with E-state index in [9.17, 15) is 4.79 Å². The number of fused-ring (bicyclic) bond motifs is 1. The largest absolute Gasteiger partial charge is 0.448 e. The number of ether oxygens (including phenoxy) is 1. The Balaban J connectivity index is 1.31. The van der Waals surface area contributed by atoms with Gasteiger partial charge in [0.2, 0.25) is 0 Å². The van der Waals surface area contributed by atoms with E-state index < -0.39 is 0 Å². The van der Waals surface area contributed by atoms with Crippen molar-refractivity contribution in [2.24, 2.45) is 0 Å². The summed E-state index contributed by atoms with van der Waals surface area (Å²) in [5, 5.41) is 0.781. The standard InChI is InChI=1S/C25H26N4O3S/c30-25(22-7-6-21(32-22)24-27-20-4-1-2-5-23(20)33-24)29(18-19-8-10-26-11-9-19)13-3-12-28-14-16-31-17-15-28/h1-2,4-11H,3,12-18H2. The third kappa shape index (κ3) is 5.30. The van der Waals surface area contributed by atoms with Gasteiger partial charge < -0.3 is 14.1 Å². The highest BCUT2D eigenvalue weighted by Gasteiger charge is 2.21. The lowest BCUT2D eigenvalue weighted by Gasteiger charge is -2.28. The third-order valence-corrected chi connectivity index (χ3v) is 6.79. The minimum atomic E-state index is -0.110. The van der Waals surface area contributed by atoms with Crippen molar-refractivity contribution >= 4 is 27.5 Å². The Bertz CT molecular complexity index is 1170. The summed E-state index contributed by atoms with van der Waals surface area (Å²) in [6.07, 6.45) is 4.40. The molecule has 4 aromatic rings. The fraction of sp³-hybridized carbons (Fsp3) is 0.320. The summed E-state index contributed by atoms with van der Waals surface area (Å²) in [7, 11) is 0. The molecule has 170 valence electrons. The summed E-state index contributed by atoms with van der Waals surface area (Å²) in [5.74, 6) is 0.850. The zero-order valence-electron chi connectivity index (χ0n) is 18.4. The normalized spacial score (nSPS) is 14.5. The van der Waals surface area contributed by atoms with Crippen molar-refractivity contribution in [3.63, 3.8) is 0 Å². The van der Waals surface area contributed by atoms with Gasteiger partial charge >= 0.3 is 0 Å². The second kappa shape index (κ2) is 10.2. The molecular formula is C25H26N4O3S. The van der Waals surface area contributed by atoms with Crippen molar-refractivity contribution in [1.82, 2.24) is 19.8 Å². The molecule has 1 saturated heterocycles. The maximum absolute atomic E-state index is 13.4. The number of morpholine rings is 1. The molecule has 0 spiro atoms. The topological polar surface area (TPSA) is 71.7 Å². The molecule has 1 amide bonds. The summed E-state index contributed by atoms with van der Waals surface area (Å²) in [5.41, 5.74) is 1.98. The van der Waals surface area contributed by atoms with Crippen LogP contribution in [0.4, 0.5) is 0 Å². The fourth-order valence-corrected chi connectivity index (χ4v) is 4.90. The van der Waals surface area contributed by atoms with Gasteiger partial charge in [0.15, 0.2) is 16.5 Å². The Hall–Kier alpha value is -3.07. The van der Waals surface area contributed by atoms with Gasteiger partial charge in [-0.2, -0.15) is 0 Å². The lowest BCUT2D eigenvalue weighted by Crippen LogP contribution is -2.39. The van der Waals surface area contributed by atoms with Crippen LogP contribution in [0.25, 0.3) is 21.0 Å². The Morgan fingerprint density at radius 1 is 1.06 bits per heavy atom. The van der Waals surface area contributed by atoms with Crippen LogP contribution in [0.15, 0.2) is 65.3 Å². The van der Waals surface area contributed by atoms with Crippen molar-refractivity contribution in [2.75, 3.05) is 39.4 Å². The summed E-state index contributed by atoms with van der Waals surface area (Å²) >= 11 is 1.56. The summed E-state index contributed by atoms with van der Waals surface area (Å²) in [6.45, 7) is 5.56. The van der Waals surface area contributed by atoms with Crippen LogP contribution in [0.5, 0.6) is 0 Å². The number of carbonyl (C=O) groups excluding carboxylic acids is 1. The Morgan fingerprint density at radius 3 is 2.70 bits per heavy atom. The molecule has 0 aliphatic carbocycles. The predicted molar refractivity (Wildman–Crippen MR) is 128 cm³/mol. The summed E-state index contributed by atoms with van der Waals surface area (Å²) in [4.78, 5) is 26.4. The summed E-state index contributed by atoms with van der Waals surface area (Å²) < 4.78 is 12.5. The molecule has 0 N–H and O–H groups in total. The van der Waals surface area contributed by atoms with Crippen LogP contribution in [-0.2, 0) is 11.3 Å². The highest BCUT2D eigenvalue weighted by atomic mass is 32.1. The molecule has 5 rings (SSSR count). The number of nitrogens with zero attached hydrogens (tertiary/aromatic N) is 4. The maximum Gasteiger partial charge on any atom is 0.289 e. The molecule has 33 heavy (non-hydrogen) atoms. The first kappa shape index (κ1) is 21.8. The van der Waals surface area contributed by atoms with E-state index in [-0.39, 0.29) is 5.91 Å². The Morgan fingerprint density at radius 2 is 1.88 bits per heavy atom. The zero-order chi connectivity index (χ0) is 22.5. The molecule has 0 atom stereocenters. The molecular weight excluding hydrogens is 436 g/mol. The number of hydrogen-bond donors (Lipinski definition) is 0. The van der Waals surface area contributed by atoms with Crippen LogP contribution in [0.1, 0.15) is 22.5 Å². The first-order chi connectivity index (χ1) is 16.3. The number of benzene rings is 1. The van der Waals surface area contributed by atoms with E-state index in [1.807, 2.05) is 47.4 Å². The van der Waals surface area contributed by atoms with Gasteiger partial charge in [-0.3, -0.25) is 14.7 Å². The molecule has 0 unspecified atom stereocenters. The van der Waals surface area contributed by atoms with Crippen molar-refractivity contribution in [1.29, 1.82) is 0 Å². The van der Waals surface area contributed by atoms with Gasteiger partial charge in [-0.15, -0.1) is 11.3 Å². The number of aromatic nitrogens is 2. The van der Waals surface area contributed by atoms with Crippen molar-refractivity contribution in [2.45, 2.75) is 13.0 Å². The van der Waals surface area contributed by atoms with Crippen LogP contribution in [0.3, 0.4) is 0 Å². The number of hydrogen-bond acceptors (Lipinski definition) is 7. The molecule has 0 bridgehead atoms. The average molecular weight is 463 g/mol. The van der Waals surface area contributed by atoms with Gasteiger partial charge in [-0.1, -0.05) is 12.1 Å². The molecule has 0 radical (unpaired) electrons. The van der Waals surface area contributed by atoms with Gasteiger partial charge in [0.05, 0.1) is 23.4 Å². The van der Waals surface area contributed by atoms with Crippen LogP contribution in [0, 0.1) is 0 Å². The minimum absolute atomic E-state index is 0.110.